The Morgan fingerprint density at radius 1 is 1.24 bits per heavy atom. The van der Waals surface area contributed by atoms with Gasteiger partial charge in [0.05, 0.1) is 0 Å². The molecule has 5 heteroatoms. The summed E-state index contributed by atoms with van der Waals surface area (Å²) in [4.78, 5) is 13.0. The van der Waals surface area contributed by atoms with E-state index in [4.69, 9.17) is 11.6 Å². The third-order valence-corrected chi connectivity index (χ3v) is 3.70. The van der Waals surface area contributed by atoms with Crippen LogP contribution >= 0.6 is 11.6 Å². The van der Waals surface area contributed by atoms with Crippen LogP contribution in [0.25, 0.3) is 0 Å². The van der Waals surface area contributed by atoms with Crippen LogP contribution in [0.2, 0.25) is 5.28 Å². The first kappa shape index (κ1) is 11.2. The Labute approximate surface area is 107 Å². The van der Waals surface area contributed by atoms with E-state index in [0.29, 0.717) is 5.28 Å². The molecule has 4 nitrogen and oxygen atoms in total. The summed E-state index contributed by atoms with van der Waals surface area (Å²) in [6, 6.07) is 1.93. The summed E-state index contributed by atoms with van der Waals surface area (Å²) in [7, 11) is 0. The topological polar surface area (TPSA) is 32.3 Å². The molecule has 0 N–H and O–H groups in total. The molecule has 1 saturated heterocycles. The number of rotatable bonds is 3. The van der Waals surface area contributed by atoms with Crippen LogP contribution in [0.4, 0.5) is 5.82 Å². The van der Waals surface area contributed by atoms with Crippen LogP contribution in [0, 0.1) is 5.92 Å². The van der Waals surface area contributed by atoms with Gasteiger partial charge in [-0.2, -0.15) is 0 Å². The Morgan fingerprint density at radius 2 is 2.00 bits per heavy atom. The fourth-order valence-corrected chi connectivity index (χ4v) is 2.47. The molecule has 0 unspecified atom stereocenters. The minimum absolute atomic E-state index is 0.336. The largest absolute Gasteiger partial charge is 0.354 e. The summed E-state index contributed by atoms with van der Waals surface area (Å²) < 4.78 is 0. The number of halogens is 1. The molecule has 1 aromatic heterocycles. The summed E-state index contributed by atoms with van der Waals surface area (Å²) in [5.41, 5.74) is 0. The molecule has 0 bridgehead atoms. The maximum Gasteiger partial charge on any atom is 0.224 e. The first-order valence-corrected chi connectivity index (χ1v) is 6.65. The van der Waals surface area contributed by atoms with Crippen molar-refractivity contribution >= 4 is 17.4 Å². The van der Waals surface area contributed by atoms with Gasteiger partial charge in [-0.1, -0.05) is 0 Å². The fourth-order valence-electron chi connectivity index (χ4n) is 2.33. The van der Waals surface area contributed by atoms with Gasteiger partial charge in [-0.3, -0.25) is 4.90 Å². The maximum atomic E-state index is 5.81. The second kappa shape index (κ2) is 4.78. The molecule has 1 aliphatic heterocycles. The predicted octanol–water partition coefficient (Wildman–Crippen LogP) is 1.66. The van der Waals surface area contributed by atoms with Gasteiger partial charge in [0.15, 0.2) is 0 Å². The Kier molecular flexibility index (Phi) is 3.16. The van der Waals surface area contributed by atoms with E-state index in [2.05, 4.69) is 19.8 Å². The molecule has 0 atom stereocenters. The van der Waals surface area contributed by atoms with Crippen LogP contribution in [0.1, 0.15) is 12.8 Å². The first-order valence-electron chi connectivity index (χ1n) is 6.27. The van der Waals surface area contributed by atoms with Crippen molar-refractivity contribution in [3.05, 3.63) is 17.5 Å². The lowest BCUT2D eigenvalue weighted by Crippen LogP contribution is -2.47. The lowest BCUT2D eigenvalue weighted by Gasteiger charge is -2.35. The Bertz CT molecular complexity index is 386. The highest BCUT2D eigenvalue weighted by Crippen LogP contribution is 2.30. The minimum Gasteiger partial charge on any atom is -0.354 e. The quantitative estimate of drug-likeness (QED) is 0.766. The molecule has 0 aromatic carbocycles. The second-order valence-electron chi connectivity index (χ2n) is 4.91. The van der Waals surface area contributed by atoms with Gasteiger partial charge in [0.25, 0.3) is 0 Å². The van der Waals surface area contributed by atoms with Crippen molar-refractivity contribution in [1.82, 2.24) is 14.9 Å². The van der Waals surface area contributed by atoms with Gasteiger partial charge in [-0.25, -0.2) is 9.97 Å². The van der Waals surface area contributed by atoms with Gasteiger partial charge >= 0.3 is 0 Å². The molecule has 17 heavy (non-hydrogen) atoms. The van der Waals surface area contributed by atoms with E-state index in [-0.39, 0.29) is 0 Å². The van der Waals surface area contributed by atoms with Crippen molar-refractivity contribution in [3.63, 3.8) is 0 Å². The number of piperazine rings is 1. The fraction of sp³-hybridized carbons (Fsp3) is 0.667. The first-order chi connectivity index (χ1) is 8.31. The lowest BCUT2D eigenvalue weighted by molar-refractivity contribution is 0.247. The van der Waals surface area contributed by atoms with Crippen LogP contribution in [0.15, 0.2) is 12.3 Å². The molecule has 92 valence electrons. The molecule has 3 rings (SSSR count). The third kappa shape index (κ3) is 2.87. The Hall–Kier alpha value is -0.870. The predicted molar refractivity (Wildman–Crippen MR) is 68.4 cm³/mol. The average molecular weight is 253 g/mol. The molecule has 0 amide bonds. The number of nitrogens with zero attached hydrogens (tertiary/aromatic N) is 4. The normalized spacial score (nSPS) is 21.8. The van der Waals surface area contributed by atoms with Crippen LogP contribution in [0.3, 0.4) is 0 Å². The van der Waals surface area contributed by atoms with Gasteiger partial charge in [0, 0.05) is 38.9 Å². The zero-order chi connectivity index (χ0) is 11.7. The van der Waals surface area contributed by atoms with Gasteiger partial charge < -0.3 is 4.90 Å². The van der Waals surface area contributed by atoms with E-state index in [1.54, 1.807) is 6.20 Å². The number of aromatic nitrogens is 2. The smallest absolute Gasteiger partial charge is 0.224 e. The molecule has 1 aliphatic carbocycles. The van der Waals surface area contributed by atoms with Crippen molar-refractivity contribution < 1.29 is 0 Å². The standard InChI is InChI=1S/C12H17ClN4/c13-12-14-4-3-11(15-12)17-7-5-16(6-8-17)9-10-1-2-10/h3-4,10H,1-2,5-9H2. The second-order valence-corrected chi connectivity index (χ2v) is 5.25. The van der Waals surface area contributed by atoms with Crippen LogP contribution in [-0.4, -0.2) is 47.6 Å². The van der Waals surface area contributed by atoms with Crippen LogP contribution < -0.4 is 4.90 Å². The summed E-state index contributed by atoms with van der Waals surface area (Å²) in [6.45, 7) is 5.65. The number of hydrogen-bond donors (Lipinski definition) is 0. The molecule has 2 aliphatic rings. The van der Waals surface area contributed by atoms with Crippen molar-refractivity contribution in [1.29, 1.82) is 0 Å². The molecular weight excluding hydrogens is 236 g/mol. The minimum atomic E-state index is 0.336. The van der Waals surface area contributed by atoms with Crippen molar-refractivity contribution in [2.45, 2.75) is 12.8 Å². The molecule has 0 spiro atoms. The molecular formula is C12H17ClN4. The zero-order valence-corrected chi connectivity index (χ0v) is 10.6. The molecule has 1 aromatic rings. The van der Waals surface area contributed by atoms with E-state index < -0.39 is 0 Å². The van der Waals surface area contributed by atoms with E-state index in [1.807, 2.05) is 6.07 Å². The SMILES string of the molecule is Clc1nccc(N2CCN(CC3CC3)CC2)n1. The van der Waals surface area contributed by atoms with Gasteiger partial charge in [-0.15, -0.1) is 0 Å². The van der Waals surface area contributed by atoms with E-state index in [0.717, 1.165) is 37.9 Å². The van der Waals surface area contributed by atoms with E-state index in [9.17, 15) is 0 Å². The van der Waals surface area contributed by atoms with E-state index >= 15 is 0 Å². The van der Waals surface area contributed by atoms with Crippen LogP contribution in [0.5, 0.6) is 0 Å². The van der Waals surface area contributed by atoms with Crippen molar-refractivity contribution in [3.8, 4) is 0 Å². The van der Waals surface area contributed by atoms with Crippen molar-refractivity contribution in [2.24, 2.45) is 5.92 Å². The van der Waals surface area contributed by atoms with Crippen molar-refractivity contribution in [2.75, 3.05) is 37.6 Å². The maximum absolute atomic E-state index is 5.81. The molecule has 2 fully saturated rings. The van der Waals surface area contributed by atoms with Gasteiger partial charge in [0.1, 0.15) is 5.82 Å². The van der Waals surface area contributed by atoms with Crippen LogP contribution in [-0.2, 0) is 0 Å². The Morgan fingerprint density at radius 3 is 2.65 bits per heavy atom. The molecule has 0 radical (unpaired) electrons. The number of hydrogen-bond acceptors (Lipinski definition) is 4. The highest BCUT2D eigenvalue weighted by Gasteiger charge is 2.26. The summed E-state index contributed by atoms with van der Waals surface area (Å²) in [6.07, 6.45) is 4.59. The number of anilines is 1. The molecule has 2 heterocycles. The zero-order valence-electron chi connectivity index (χ0n) is 9.85. The monoisotopic (exact) mass is 252 g/mol. The summed E-state index contributed by atoms with van der Waals surface area (Å²) in [5, 5.41) is 0.336. The van der Waals surface area contributed by atoms with E-state index in [1.165, 1.54) is 19.4 Å². The Balaban J connectivity index is 1.56. The van der Waals surface area contributed by atoms with Gasteiger partial charge in [0.2, 0.25) is 5.28 Å². The summed E-state index contributed by atoms with van der Waals surface area (Å²) >= 11 is 5.81. The lowest BCUT2D eigenvalue weighted by atomic mass is 10.3. The highest BCUT2D eigenvalue weighted by molar-refractivity contribution is 6.28. The van der Waals surface area contributed by atoms with Gasteiger partial charge in [-0.05, 0) is 36.4 Å². The molecule has 1 saturated carbocycles. The highest BCUT2D eigenvalue weighted by atomic mass is 35.5. The summed E-state index contributed by atoms with van der Waals surface area (Å²) in [5.74, 6) is 1.94. The third-order valence-electron chi connectivity index (χ3n) is 3.52. The average Bonchev–Trinajstić information content (AvgIpc) is 3.14.